The van der Waals surface area contributed by atoms with Crippen LogP contribution in [0.1, 0.15) is 92.4 Å². The van der Waals surface area contributed by atoms with E-state index in [1.807, 2.05) is 0 Å². The summed E-state index contributed by atoms with van der Waals surface area (Å²) in [4.78, 5) is 0. The van der Waals surface area contributed by atoms with Crippen LogP contribution in [0.25, 0.3) is 0 Å². The van der Waals surface area contributed by atoms with Crippen LogP contribution in [0.4, 0.5) is 0 Å². The van der Waals surface area contributed by atoms with Crippen LogP contribution in [-0.2, 0) is 0 Å². The van der Waals surface area contributed by atoms with Crippen molar-refractivity contribution in [3.8, 4) is 0 Å². The van der Waals surface area contributed by atoms with E-state index in [9.17, 15) is 25.5 Å². The monoisotopic (exact) mass is 452 g/mol. The van der Waals surface area contributed by atoms with Gasteiger partial charge in [0.2, 0.25) is 0 Å². The Labute approximate surface area is 194 Å². The Morgan fingerprint density at radius 3 is 2.31 bits per heavy atom. The van der Waals surface area contributed by atoms with Gasteiger partial charge in [-0.1, -0.05) is 20.8 Å². The molecule has 0 amide bonds. The molecular formula is C27H48O5. The predicted molar refractivity (Wildman–Crippen MR) is 125 cm³/mol. The second-order valence-electron chi connectivity index (χ2n) is 13.4. The fourth-order valence-electron chi connectivity index (χ4n) is 9.39. The predicted octanol–water partition coefficient (Wildman–Crippen LogP) is 3.50. The fraction of sp³-hybridized carbons (Fsp3) is 1.00. The highest BCUT2D eigenvalue weighted by Crippen LogP contribution is 2.68. The van der Waals surface area contributed by atoms with Gasteiger partial charge in [0.1, 0.15) is 0 Å². The van der Waals surface area contributed by atoms with Gasteiger partial charge in [-0.3, -0.25) is 0 Å². The van der Waals surface area contributed by atoms with Gasteiger partial charge in [0.15, 0.2) is 0 Å². The first kappa shape index (κ1) is 24.9. The third kappa shape index (κ3) is 4.08. The lowest BCUT2D eigenvalue weighted by atomic mass is 9.43. The van der Waals surface area contributed by atoms with Crippen molar-refractivity contribution in [2.24, 2.45) is 46.3 Å². The van der Waals surface area contributed by atoms with Crippen molar-refractivity contribution in [1.29, 1.82) is 0 Å². The minimum Gasteiger partial charge on any atom is -0.393 e. The molecule has 12 atom stereocenters. The van der Waals surface area contributed by atoms with E-state index in [0.29, 0.717) is 36.5 Å². The molecule has 0 bridgehead atoms. The smallest absolute Gasteiger partial charge is 0.0616 e. The second kappa shape index (κ2) is 8.48. The summed E-state index contributed by atoms with van der Waals surface area (Å²) in [6, 6.07) is 0. The highest BCUT2D eigenvalue weighted by atomic mass is 16.3. The van der Waals surface area contributed by atoms with Gasteiger partial charge < -0.3 is 25.5 Å². The van der Waals surface area contributed by atoms with Crippen LogP contribution in [-0.4, -0.2) is 55.5 Å². The summed E-state index contributed by atoms with van der Waals surface area (Å²) in [6.45, 7) is 10.3. The average molecular weight is 453 g/mol. The van der Waals surface area contributed by atoms with Gasteiger partial charge in [-0.25, -0.2) is 0 Å². The fourth-order valence-corrected chi connectivity index (χ4v) is 9.39. The van der Waals surface area contributed by atoms with Crippen LogP contribution in [0.3, 0.4) is 0 Å². The van der Waals surface area contributed by atoms with E-state index in [1.165, 1.54) is 0 Å². The van der Waals surface area contributed by atoms with Crippen molar-refractivity contribution in [1.82, 2.24) is 0 Å². The van der Waals surface area contributed by atoms with Crippen LogP contribution in [0.5, 0.6) is 0 Å². The van der Waals surface area contributed by atoms with Crippen LogP contribution in [0.15, 0.2) is 0 Å². The van der Waals surface area contributed by atoms with Gasteiger partial charge >= 0.3 is 0 Å². The average Bonchev–Trinajstić information content (AvgIpc) is 3.01. The zero-order valence-electron chi connectivity index (χ0n) is 20.9. The molecule has 0 aromatic carbocycles. The standard InChI is InChI=1S/C27H48O5/c1-15(10-18(29)14-25(2,3)32)19-6-7-20-24-21(13-23(31)27(19,20)5)26(4)9-8-17(28)11-16(26)12-22(24)30/h15-24,28-32H,6-14H2,1-5H3. The molecule has 5 nitrogen and oxygen atoms in total. The maximum atomic E-state index is 11.6. The summed E-state index contributed by atoms with van der Waals surface area (Å²) in [5, 5.41) is 53.9. The molecule has 12 unspecified atom stereocenters. The number of rotatable bonds is 5. The number of hydrogen-bond donors (Lipinski definition) is 5. The highest BCUT2D eigenvalue weighted by molar-refractivity contribution is 5.14. The third-order valence-corrected chi connectivity index (χ3v) is 10.9. The summed E-state index contributed by atoms with van der Waals surface area (Å²) in [5.41, 5.74) is -1.03. The van der Waals surface area contributed by atoms with Crippen LogP contribution < -0.4 is 0 Å². The Bertz CT molecular complexity index is 675. The summed E-state index contributed by atoms with van der Waals surface area (Å²) >= 11 is 0. The molecule has 4 aliphatic carbocycles. The molecule has 0 saturated heterocycles. The van der Waals surface area contributed by atoms with Crippen molar-refractivity contribution in [2.45, 2.75) is 122 Å². The van der Waals surface area contributed by atoms with Gasteiger partial charge in [-0.2, -0.15) is 0 Å². The molecule has 186 valence electrons. The lowest BCUT2D eigenvalue weighted by molar-refractivity contribution is -0.207. The molecule has 5 N–H and O–H groups in total. The summed E-state index contributed by atoms with van der Waals surface area (Å²) < 4.78 is 0. The molecule has 4 fully saturated rings. The molecule has 0 aromatic heterocycles. The van der Waals surface area contributed by atoms with E-state index in [1.54, 1.807) is 13.8 Å². The first-order chi connectivity index (χ1) is 14.8. The van der Waals surface area contributed by atoms with Crippen LogP contribution in [0.2, 0.25) is 0 Å². The summed E-state index contributed by atoms with van der Waals surface area (Å²) in [5.74, 6) is 1.74. The Hall–Kier alpha value is -0.200. The molecule has 4 rings (SSSR count). The zero-order chi connectivity index (χ0) is 23.6. The maximum Gasteiger partial charge on any atom is 0.0616 e. The number of fused-ring (bicyclic) bond motifs is 5. The lowest BCUT2D eigenvalue weighted by Crippen LogP contribution is -2.62. The molecule has 0 radical (unpaired) electrons. The normalized spacial score (nSPS) is 50.8. The quantitative estimate of drug-likeness (QED) is 0.440. The molecule has 0 aliphatic heterocycles. The van der Waals surface area contributed by atoms with Crippen LogP contribution >= 0.6 is 0 Å². The molecule has 0 heterocycles. The highest BCUT2D eigenvalue weighted by Gasteiger charge is 2.65. The van der Waals surface area contributed by atoms with Crippen molar-refractivity contribution in [2.75, 3.05) is 0 Å². The number of aliphatic hydroxyl groups excluding tert-OH is 4. The van der Waals surface area contributed by atoms with E-state index >= 15 is 0 Å². The van der Waals surface area contributed by atoms with Crippen molar-refractivity contribution >= 4 is 0 Å². The van der Waals surface area contributed by atoms with E-state index in [-0.39, 0.29) is 34.9 Å². The topological polar surface area (TPSA) is 101 Å². The van der Waals surface area contributed by atoms with Crippen molar-refractivity contribution < 1.29 is 25.5 Å². The first-order valence-corrected chi connectivity index (χ1v) is 13.2. The Morgan fingerprint density at radius 2 is 1.66 bits per heavy atom. The van der Waals surface area contributed by atoms with Gasteiger partial charge in [-0.05, 0) is 112 Å². The third-order valence-electron chi connectivity index (χ3n) is 10.9. The molecular weight excluding hydrogens is 404 g/mol. The van der Waals surface area contributed by atoms with Gasteiger partial charge in [0, 0.05) is 6.42 Å². The molecule has 0 aromatic rings. The SMILES string of the molecule is CC(CC(O)CC(C)(C)O)C1CCC2C3C(O)CC4CC(O)CCC4(C)C3CC(O)C12C. The van der Waals surface area contributed by atoms with Gasteiger partial charge in [0.25, 0.3) is 0 Å². The van der Waals surface area contributed by atoms with Crippen LogP contribution in [0, 0.1) is 46.3 Å². The van der Waals surface area contributed by atoms with E-state index in [2.05, 4.69) is 20.8 Å². The second-order valence-corrected chi connectivity index (χ2v) is 13.4. The first-order valence-electron chi connectivity index (χ1n) is 13.2. The van der Waals surface area contributed by atoms with Gasteiger partial charge in [-0.15, -0.1) is 0 Å². The Balaban J connectivity index is 1.55. The number of aliphatic hydroxyl groups is 5. The van der Waals surface area contributed by atoms with Crippen molar-refractivity contribution in [3.05, 3.63) is 0 Å². The van der Waals surface area contributed by atoms with E-state index < -0.39 is 17.8 Å². The Kier molecular flexibility index (Phi) is 6.60. The molecule has 32 heavy (non-hydrogen) atoms. The van der Waals surface area contributed by atoms with Crippen molar-refractivity contribution in [3.63, 3.8) is 0 Å². The summed E-state index contributed by atoms with van der Waals surface area (Å²) in [7, 11) is 0. The minimum atomic E-state index is -0.884. The molecule has 0 spiro atoms. The molecule has 4 aliphatic rings. The number of hydrogen-bond acceptors (Lipinski definition) is 5. The van der Waals surface area contributed by atoms with E-state index in [0.717, 1.165) is 44.9 Å². The summed E-state index contributed by atoms with van der Waals surface area (Å²) in [6.07, 6.45) is 5.66. The zero-order valence-corrected chi connectivity index (χ0v) is 20.9. The van der Waals surface area contributed by atoms with Gasteiger partial charge in [0.05, 0.1) is 30.0 Å². The largest absolute Gasteiger partial charge is 0.393 e. The van der Waals surface area contributed by atoms with E-state index in [4.69, 9.17) is 0 Å². The molecule has 4 saturated carbocycles. The maximum absolute atomic E-state index is 11.6. The Morgan fingerprint density at radius 1 is 0.969 bits per heavy atom. The lowest BCUT2D eigenvalue weighted by Gasteiger charge is -2.63. The molecule has 5 heteroatoms. The minimum absolute atomic E-state index is 0.0953.